The van der Waals surface area contributed by atoms with Crippen molar-refractivity contribution in [3.63, 3.8) is 0 Å². The highest BCUT2D eigenvalue weighted by atomic mass is 16.5. The first-order valence-electron chi connectivity index (χ1n) is 5.09. The van der Waals surface area contributed by atoms with Crippen LogP contribution in [0.1, 0.15) is 25.3 Å². The van der Waals surface area contributed by atoms with E-state index in [1.807, 2.05) is 32.0 Å². The normalized spacial score (nSPS) is 12.1. The minimum atomic E-state index is -0.904. The summed E-state index contributed by atoms with van der Waals surface area (Å²) >= 11 is 0. The summed E-state index contributed by atoms with van der Waals surface area (Å²) in [6.07, 6.45) is 0.586. The third kappa shape index (κ3) is 3.62. The van der Waals surface area contributed by atoms with Crippen molar-refractivity contribution in [3.05, 3.63) is 29.8 Å². The average molecular weight is 208 g/mol. The molecule has 0 saturated carbocycles. The summed E-state index contributed by atoms with van der Waals surface area (Å²) in [7, 11) is 0. The van der Waals surface area contributed by atoms with Crippen molar-refractivity contribution in [2.75, 3.05) is 0 Å². The van der Waals surface area contributed by atoms with E-state index >= 15 is 0 Å². The molecule has 0 amide bonds. The Kier molecular flexibility index (Phi) is 4.16. The number of hydrogen-bond acceptors (Lipinski definition) is 2. The van der Waals surface area contributed by atoms with Crippen LogP contribution < -0.4 is 4.74 Å². The summed E-state index contributed by atoms with van der Waals surface area (Å²) in [5.74, 6) is -0.283. The van der Waals surface area contributed by atoms with Gasteiger partial charge in [-0.05, 0) is 31.0 Å². The molecule has 1 aromatic carbocycles. The quantitative estimate of drug-likeness (QED) is 0.809. The fraction of sp³-hybridized carbons (Fsp3) is 0.417. The maximum absolute atomic E-state index is 10.9. The summed E-state index contributed by atoms with van der Waals surface area (Å²) in [6.45, 7) is 3.89. The second-order valence-corrected chi connectivity index (χ2v) is 3.55. The minimum Gasteiger partial charge on any atom is -0.479 e. The van der Waals surface area contributed by atoms with Crippen molar-refractivity contribution in [3.8, 4) is 5.75 Å². The van der Waals surface area contributed by atoms with E-state index < -0.39 is 12.1 Å². The van der Waals surface area contributed by atoms with E-state index in [2.05, 4.69) is 0 Å². The molecule has 0 fully saturated rings. The van der Waals surface area contributed by atoms with E-state index in [0.717, 1.165) is 12.0 Å². The largest absolute Gasteiger partial charge is 0.479 e. The Morgan fingerprint density at radius 3 is 2.80 bits per heavy atom. The van der Waals surface area contributed by atoms with Crippen LogP contribution in [0, 0.1) is 6.92 Å². The van der Waals surface area contributed by atoms with Gasteiger partial charge in [0.2, 0.25) is 0 Å². The van der Waals surface area contributed by atoms with Crippen LogP contribution in [0.3, 0.4) is 0 Å². The standard InChI is InChI=1S/C12H16O3/c1-3-5-11(12(13)14)15-10-7-4-6-9(2)8-10/h4,6-8,11H,3,5H2,1-2H3,(H,13,14)/t11-/m1/s1. The van der Waals surface area contributed by atoms with Gasteiger partial charge in [-0.2, -0.15) is 0 Å². The summed E-state index contributed by atoms with van der Waals surface area (Å²) in [5, 5.41) is 8.91. The predicted molar refractivity (Wildman–Crippen MR) is 58.1 cm³/mol. The molecular formula is C12H16O3. The lowest BCUT2D eigenvalue weighted by molar-refractivity contribution is -0.145. The molecule has 0 heterocycles. The van der Waals surface area contributed by atoms with E-state index in [0.29, 0.717) is 12.2 Å². The number of benzene rings is 1. The SMILES string of the molecule is CCC[C@@H](Oc1cccc(C)c1)C(=O)O. The molecule has 0 aliphatic carbocycles. The molecule has 0 saturated heterocycles. The van der Waals surface area contributed by atoms with Crippen molar-refractivity contribution in [1.29, 1.82) is 0 Å². The second kappa shape index (κ2) is 5.39. The smallest absolute Gasteiger partial charge is 0.344 e. The second-order valence-electron chi connectivity index (χ2n) is 3.55. The number of aryl methyl sites for hydroxylation is 1. The average Bonchev–Trinajstić information content (AvgIpc) is 2.17. The van der Waals surface area contributed by atoms with Gasteiger partial charge in [0.1, 0.15) is 5.75 Å². The number of carboxylic acid groups (broad SMARTS) is 1. The molecule has 0 aliphatic heterocycles. The maximum atomic E-state index is 10.9. The van der Waals surface area contributed by atoms with E-state index in [9.17, 15) is 4.79 Å². The molecule has 1 rings (SSSR count). The lowest BCUT2D eigenvalue weighted by Gasteiger charge is -2.14. The van der Waals surface area contributed by atoms with Crippen LogP contribution in [-0.4, -0.2) is 17.2 Å². The summed E-state index contributed by atoms with van der Waals surface area (Å²) in [6, 6.07) is 7.42. The van der Waals surface area contributed by atoms with Gasteiger partial charge in [-0.15, -0.1) is 0 Å². The zero-order valence-electron chi connectivity index (χ0n) is 9.06. The topological polar surface area (TPSA) is 46.5 Å². The van der Waals surface area contributed by atoms with Gasteiger partial charge < -0.3 is 9.84 Å². The maximum Gasteiger partial charge on any atom is 0.344 e. The third-order valence-corrected chi connectivity index (χ3v) is 2.09. The molecule has 15 heavy (non-hydrogen) atoms. The molecule has 0 unspecified atom stereocenters. The number of ether oxygens (including phenoxy) is 1. The number of aliphatic carboxylic acids is 1. The van der Waals surface area contributed by atoms with Crippen molar-refractivity contribution in [2.24, 2.45) is 0 Å². The summed E-state index contributed by atoms with van der Waals surface area (Å²) in [5.41, 5.74) is 1.06. The molecule has 0 aromatic heterocycles. The van der Waals surface area contributed by atoms with Crippen molar-refractivity contribution in [1.82, 2.24) is 0 Å². The molecule has 82 valence electrons. The van der Waals surface area contributed by atoms with E-state index in [1.165, 1.54) is 0 Å². The van der Waals surface area contributed by atoms with Crippen molar-refractivity contribution in [2.45, 2.75) is 32.8 Å². The molecular weight excluding hydrogens is 192 g/mol. The van der Waals surface area contributed by atoms with Crippen LogP contribution in [0.5, 0.6) is 5.75 Å². The monoisotopic (exact) mass is 208 g/mol. The Balaban J connectivity index is 2.69. The number of rotatable bonds is 5. The van der Waals surface area contributed by atoms with Crippen LogP contribution >= 0.6 is 0 Å². The first-order chi connectivity index (χ1) is 7.13. The van der Waals surface area contributed by atoms with Gasteiger partial charge in [0.25, 0.3) is 0 Å². The van der Waals surface area contributed by atoms with Crippen LogP contribution in [0.2, 0.25) is 0 Å². The molecule has 1 N–H and O–H groups in total. The highest BCUT2D eigenvalue weighted by molar-refractivity contribution is 5.72. The minimum absolute atomic E-state index is 0.531. The molecule has 0 aliphatic rings. The fourth-order valence-electron chi connectivity index (χ4n) is 1.35. The molecule has 1 atom stereocenters. The van der Waals surface area contributed by atoms with Gasteiger partial charge in [-0.3, -0.25) is 0 Å². The van der Waals surface area contributed by atoms with Crippen molar-refractivity contribution >= 4 is 5.97 Å². The first-order valence-corrected chi connectivity index (χ1v) is 5.09. The van der Waals surface area contributed by atoms with Crippen LogP contribution in [0.25, 0.3) is 0 Å². The fourth-order valence-corrected chi connectivity index (χ4v) is 1.35. The first kappa shape index (κ1) is 11.6. The van der Waals surface area contributed by atoms with Gasteiger partial charge in [0.15, 0.2) is 6.10 Å². The number of carbonyl (C=O) groups is 1. The van der Waals surface area contributed by atoms with Gasteiger partial charge in [0, 0.05) is 0 Å². The summed E-state index contributed by atoms with van der Waals surface area (Å²) < 4.78 is 5.40. The Morgan fingerprint density at radius 2 is 2.27 bits per heavy atom. The zero-order valence-corrected chi connectivity index (χ0v) is 9.06. The van der Waals surface area contributed by atoms with Crippen LogP contribution in [0.4, 0.5) is 0 Å². The Hall–Kier alpha value is -1.51. The van der Waals surface area contributed by atoms with Gasteiger partial charge in [-0.1, -0.05) is 25.5 Å². The Labute approximate surface area is 89.7 Å². The van der Waals surface area contributed by atoms with E-state index in [4.69, 9.17) is 9.84 Å². The molecule has 3 nitrogen and oxygen atoms in total. The van der Waals surface area contributed by atoms with Crippen molar-refractivity contribution < 1.29 is 14.6 Å². The molecule has 1 aromatic rings. The van der Waals surface area contributed by atoms with Gasteiger partial charge in [-0.25, -0.2) is 4.79 Å². The lowest BCUT2D eigenvalue weighted by Crippen LogP contribution is -2.26. The Morgan fingerprint density at radius 1 is 1.53 bits per heavy atom. The molecule has 0 bridgehead atoms. The van der Waals surface area contributed by atoms with E-state index in [1.54, 1.807) is 6.07 Å². The van der Waals surface area contributed by atoms with Gasteiger partial charge >= 0.3 is 5.97 Å². The highest BCUT2D eigenvalue weighted by Gasteiger charge is 2.17. The van der Waals surface area contributed by atoms with E-state index in [-0.39, 0.29) is 0 Å². The number of hydrogen-bond donors (Lipinski definition) is 1. The van der Waals surface area contributed by atoms with Gasteiger partial charge in [0.05, 0.1) is 0 Å². The lowest BCUT2D eigenvalue weighted by atomic mass is 10.2. The molecule has 3 heteroatoms. The zero-order chi connectivity index (χ0) is 11.3. The predicted octanol–water partition coefficient (Wildman–Crippen LogP) is 2.63. The third-order valence-electron chi connectivity index (χ3n) is 2.09. The highest BCUT2D eigenvalue weighted by Crippen LogP contribution is 2.16. The van der Waals surface area contributed by atoms with Crippen LogP contribution in [0.15, 0.2) is 24.3 Å². The summed E-state index contributed by atoms with van der Waals surface area (Å²) in [4.78, 5) is 10.9. The number of carboxylic acids is 1. The molecule has 0 spiro atoms. The Bertz CT molecular complexity index is 333. The van der Waals surface area contributed by atoms with Crippen LogP contribution in [-0.2, 0) is 4.79 Å². The molecule has 0 radical (unpaired) electrons.